The molecule has 0 saturated carbocycles. The number of carbonyl (C=O) groups excluding carboxylic acids is 1. The maximum Gasteiger partial charge on any atom is 0.508 e. The van der Waals surface area contributed by atoms with Crippen LogP contribution >= 0.6 is 0 Å². The summed E-state index contributed by atoms with van der Waals surface area (Å²) in [6.45, 7) is 7.74. The minimum Gasteiger partial charge on any atom is -0.434 e. The summed E-state index contributed by atoms with van der Waals surface area (Å²) in [7, 11) is 0. The fraction of sp³-hybridized carbons (Fsp3) is 0.933. The van der Waals surface area contributed by atoms with Crippen molar-refractivity contribution < 1.29 is 23.7 Å². The molecule has 0 fully saturated rings. The van der Waals surface area contributed by atoms with Crippen LogP contribution in [0.5, 0.6) is 0 Å². The molecular formula is C15H30O5. The molecular weight excluding hydrogens is 260 g/mol. The second kappa shape index (κ2) is 16.2. The molecule has 0 aromatic heterocycles. The zero-order chi connectivity index (χ0) is 14.9. The molecule has 0 N–H and O–H groups in total. The molecule has 0 radical (unpaired) electrons. The molecule has 0 aromatic rings. The van der Waals surface area contributed by atoms with Crippen LogP contribution in [-0.4, -0.2) is 45.8 Å². The Labute approximate surface area is 122 Å². The highest BCUT2D eigenvalue weighted by atomic mass is 16.7. The number of hydrogen-bond donors (Lipinski definition) is 0. The third-order valence-corrected chi connectivity index (χ3v) is 2.59. The topological polar surface area (TPSA) is 54.0 Å². The Kier molecular flexibility index (Phi) is 15.6. The standard InChI is InChI=1S/C15H30O5/c1-3-5-9-17-11-7-13-19-15(16)20-14-8-12-18-10-6-4-2/h3-14H2,1-2H3. The minimum absolute atomic E-state index is 0.345. The molecule has 5 heteroatoms. The van der Waals surface area contributed by atoms with Gasteiger partial charge in [-0.2, -0.15) is 0 Å². The Bertz CT molecular complexity index is 188. The van der Waals surface area contributed by atoms with Gasteiger partial charge in [0.2, 0.25) is 0 Å². The second-order valence-corrected chi connectivity index (χ2v) is 4.59. The summed E-state index contributed by atoms with van der Waals surface area (Å²) in [5.74, 6) is 0. The summed E-state index contributed by atoms with van der Waals surface area (Å²) < 4.78 is 20.5. The molecule has 0 bridgehead atoms. The van der Waals surface area contributed by atoms with Crippen LogP contribution in [0.15, 0.2) is 0 Å². The summed E-state index contributed by atoms with van der Waals surface area (Å²) in [5, 5.41) is 0. The molecule has 0 amide bonds. The molecule has 0 aliphatic heterocycles. The molecule has 0 aliphatic carbocycles. The highest BCUT2D eigenvalue weighted by molar-refractivity contribution is 5.59. The highest BCUT2D eigenvalue weighted by Gasteiger charge is 2.02. The van der Waals surface area contributed by atoms with Crippen LogP contribution < -0.4 is 0 Å². The van der Waals surface area contributed by atoms with Crippen molar-refractivity contribution in [1.29, 1.82) is 0 Å². The second-order valence-electron chi connectivity index (χ2n) is 4.59. The van der Waals surface area contributed by atoms with Crippen LogP contribution in [0.1, 0.15) is 52.4 Å². The molecule has 0 spiro atoms. The van der Waals surface area contributed by atoms with Gasteiger partial charge in [-0.3, -0.25) is 0 Å². The normalized spacial score (nSPS) is 10.5. The number of carbonyl (C=O) groups is 1. The molecule has 20 heavy (non-hydrogen) atoms. The zero-order valence-corrected chi connectivity index (χ0v) is 13.0. The third kappa shape index (κ3) is 15.2. The quantitative estimate of drug-likeness (QED) is 0.362. The maximum atomic E-state index is 11.2. The summed E-state index contributed by atoms with van der Waals surface area (Å²) in [6.07, 6.45) is 5.22. The van der Waals surface area contributed by atoms with Gasteiger partial charge in [-0.1, -0.05) is 26.7 Å². The summed E-state index contributed by atoms with van der Waals surface area (Å²) >= 11 is 0. The Morgan fingerprint density at radius 2 is 1.05 bits per heavy atom. The van der Waals surface area contributed by atoms with E-state index in [4.69, 9.17) is 18.9 Å². The Morgan fingerprint density at radius 1 is 0.650 bits per heavy atom. The average molecular weight is 290 g/mol. The number of rotatable bonds is 14. The fourth-order valence-corrected chi connectivity index (χ4v) is 1.37. The van der Waals surface area contributed by atoms with Crippen molar-refractivity contribution in [1.82, 2.24) is 0 Å². The minimum atomic E-state index is -0.605. The first-order chi connectivity index (χ1) is 9.81. The van der Waals surface area contributed by atoms with Crippen molar-refractivity contribution in [3.05, 3.63) is 0 Å². The molecule has 0 unspecified atom stereocenters. The highest BCUT2D eigenvalue weighted by Crippen LogP contribution is 1.94. The van der Waals surface area contributed by atoms with Gasteiger partial charge in [0.25, 0.3) is 0 Å². The van der Waals surface area contributed by atoms with Gasteiger partial charge in [0.05, 0.1) is 13.2 Å². The van der Waals surface area contributed by atoms with Gasteiger partial charge in [-0.05, 0) is 12.8 Å². The first-order valence-corrected chi connectivity index (χ1v) is 7.76. The Balaban J connectivity index is 3.13. The van der Waals surface area contributed by atoms with Gasteiger partial charge in [0.1, 0.15) is 0 Å². The van der Waals surface area contributed by atoms with Crippen LogP contribution in [0.4, 0.5) is 4.79 Å². The van der Waals surface area contributed by atoms with Crippen LogP contribution in [0.25, 0.3) is 0 Å². The van der Waals surface area contributed by atoms with E-state index in [9.17, 15) is 4.79 Å². The first kappa shape index (κ1) is 19.2. The number of hydrogen-bond acceptors (Lipinski definition) is 5. The van der Waals surface area contributed by atoms with Gasteiger partial charge in [0, 0.05) is 39.3 Å². The van der Waals surface area contributed by atoms with E-state index >= 15 is 0 Å². The van der Waals surface area contributed by atoms with Crippen molar-refractivity contribution in [2.24, 2.45) is 0 Å². The van der Waals surface area contributed by atoms with Gasteiger partial charge in [0.15, 0.2) is 0 Å². The van der Waals surface area contributed by atoms with Crippen molar-refractivity contribution in [2.75, 3.05) is 39.6 Å². The van der Waals surface area contributed by atoms with E-state index in [0.717, 1.165) is 38.9 Å². The molecule has 0 atom stereocenters. The van der Waals surface area contributed by atoms with Crippen molar-refractivity contribution in [3.8, 4) is 0 Å². The van der Waals surface area contributed by atoms with E-state index in [0.29, 0.717) is 39.3 Å². The van der Waals surface area contributed by atoms with Gasteiger partial charge >= 0.3 is 6.16 Å². The predicted molar refractivity (Wildman–Crippen MR) is 78.0 cm³/mol. The smallest absolute Gasteiger partial charge is 0.434 e. The van der Waals surface area contributed by atoms with E-state index in [1.165, 1.54) is 0 Å². The molecule has 5 nitrogen and oxygen atoms in total. The van der Waals surface area contributed by atoms with E-state index in [2.05, 4.69) is 13.8 Å². The van der Waals surface area contributed by atoms with Crippen LogP contribution in [0.2, 0.25) is 0 Å². The number of unbranched alkanes of at least 4 members (excludes halogenated alkanes) is 2. The molecule has 0 rings (SSSR count). The van der Waals surface area contributed by atoms with Crippen LogP contribution in [-0.2, 0) is 18.9 Å². The van der Waals surface area contributed by atoms with Crippen molar-refractivity contribution in [2.45, 2.75) is 52.4 Å². The number of ether oxygens (including phenoxy) is 4. The van der Waals surface area contributed by atoms with Gasteiger partial charge in [-0.15, -0.1) is 0 Å². The maximum absolute atomic E-state index is 11.2. The van der Waals surface area contributed by atoms with Crippen LogP contribution in [0, 0.1) is 0 Å². The van der Waals surface area contributed by atoms with E-state index in [1.54, 1.807) is 0 Å². The summed E-state index contributed by atoms with van der Waals surface area (Å²) in [6, 6.07) is 0. The lowest BCUT2D eigenvalue weighted by atomic mass is 10.4. The molecule has 120 valence electrons. The third-order valence-electron chi connectivity index (χ3n) is 2.59. The monoisotopic (exact) mass is 290 g/mol. The largest absolute Gasteiger partial charge is 0.508 e. The Morgan fingerprint density at radius 3 is 1.45 bits per heavy atom. The summed E-state index contributed by atoms with van der Waals surface area (Å²) in [5.41, 5.74) is 0. The predicted octanol–water partition coefficient (Wildman–Crippen LogP) is 3.55. The summed E-state index contributed by atoms with van der Waals surface area (Å²) in [4.78, 5) is 11.2. The molecule has 0 saturated heterocycles. The lowest BCUT2D eigenvalue weighted by Gasteiger charge is -2.07. The van der Waals surface area contributed by atoms with Crippen molar-refractivity contribution in [3.63, 3.8) is 0 Å². The SMILES string of the molecule is CCCCOCCCOC(=O)OCCCOCCCC. The van der Waals surface area contributed by atoms with E-state index in [1.807, 2.05) is 0 Å². The molecule has 0 aromatic carbocycles. The Hall–Kier alpha value is -0.810. The van der Waals surface area contributed by atoms with E-state index < -0.39 is 6.16 Å². The lowest BCUT2D eigenvalue weighted by molar-refractivity contribution is 0.0373. The first-order valence-electron chi connectivity index (χ1n) is 7.76. The van der Waals surface area contributed by atoms with Crippen molar-refractivity contribution >= 4 is 6.16 Å². The van der Waals surface area contributed by atoms with Gasteiger partial charge < -0.3 is 18.9 Å². The zero-order valence-electron chi connectivity index (χ0n) is 13.0. The average Bonchev–Trinajstić information content (AvgIpc) is 2.45. The van der Waals surface area contributed by atoms with Crippen LogP contribution in [0.3, 0.4) is 0 Å². The molecule has 0 heterocycles. The molecule has 0 aliphatic rings. The lowest BCUT2D eigenvalue weighted by Crippen LogP contribution is -2.12. The fourth-order valence-electron chi connectivity index (χ4n) is 1.37. The van der Waals surface area contributed by atoms with Gasteiger partial charge in [-0.25, -0.2) is 4.79 Å². The van der Waals surface area contributed by atoms with E-state index in [-0.39, 0.29) is 0 Å².